The zero-order valence-electron chi connectivity index (χ0n) is 7.40. The molecule has 0 atom stereocenters. The Morgan fingerprint density at radius 3 is 3.21 bits per heavy atom. The maximum Gasteiger partial charge on any atom is 0.350 e. The van der Waals surface area contributed by atoms with E-state index < -0.39 is 0 Å². The number of nitrogens with zero attached hydrogens (tertiary/aromatic N) is 3. The maximum atomic E-state index is 11.4. The van der Waals surface area contributed by atoms with Crippen molar-refractivity contribution in [2.45, 2.75) is 18.9 Å². The van der Waals surface area contributed by atoms with E-state index in [1.165, 1.54) is 4.40 Å². The van der Waals surface area contributed by atoms with Crippen LogP contribution in [0.2, 0.25) is 0 Å². The molecule has 6 heteroatoms. The Kier molecular flexibility index (Phi) is 1.38. The fraction of sp³-hybridized carbons (Fsp3) is 0.375. The average Bonchev–Trinajstić information content (AvgIpc) is 2.91. The molecule has 72 valence electrons. The van der Waals surface area contributed by atoms with Gasteiger partial charge in [-0.3, -0.25) is 0 Å². The lowest BCUT2D eigenvalue weighted by molar-refractivity contribution is 0.968. The molecule has 6 nitrogen and oxygen atoms in total. The highest BCUT2D eigenvalue weighted by Crippen LogP contribution is 2.23. The van der Waals surface area contributed by atoms with E-state index in [-0.39, 0.29) is 5.69 Å². The minimum Gasteiger partial charge on any atom is -0.352 e. The van der Waals surface area contributed by atoms with Gasteiger partial charge in [0.05, 0.1) is 0 Å². The summed E-state index contributed by atoms with van der Waals surface area (Å²) in [6.45, 7) is 0. The Morgan fingerprint density at radius 1 is 1.57 bits per heavy atom. The number of aromatic amines is 1. The normalized spacial score (nSPS) is 16.0. The van der Waals surface area contributed by atoms with Crippen molar-refractivity contribution in [1.82, 2.24) is 19.6 Å². The minimum absolute atomic E-state index is 0.253. The molecule has 2 aromatic heterocycles. The fourth-order valence-corrected chi connectivity index (χ4v) is 1.37. The van der Waals surface area contributed by atoms with E-state index in [2.05, 4.69) is 20.5 Å². The third-order valence-electron chi connectivity index (χ3n) is 2.24. The second-order valence-corrected chi connectivity index (χ2v) is 3.41. The monoisotopic (exact) mass is 191 g/mol. The Balaban J connectivity index is 2.19. The summed E-state index contributed by atoms with van der Waals surface area (Å²) in [5, 5.41) is 9.42. The van der Waals surface area contributed by atoms with Crippen molar-refractivity contribution in [3.05, 3.63) is 22.7 Å². The van der Waals surface area contributed by atoms with Crippen molar-refractivity contribution >= 4 is 11.6 Å². The predicted octanol–water partition coefficient (Wildman–Crippen LogP) is -0.00810. The van der Waals surface area contributed by atoms with Gasteiger partial charge in [0.25, 0.3) is 0 Å². The van der Waals surface area contributed by atoms with Crippen LogP contribution >= 0.6 is 0 Å². The van der Waals surface area contributed by atoms with Gasteiger partial charge in [0.1, 0.15) is 0 Å². The average molecular weight is 191 g/mol. The number of H-pyrrole nitrogens is 1. The fourth-order valence-electron chi connectivity index (χ4n) is 1.37. The molecule has 2 N–H and O–H groups in total. The van der Waals surface area contributed by atoms with Gasteiger partial charge in [-0.15, -0.1) is 0 Å². The first kappa shape index (κ1) is 7.54. The van der Waals surface area contributed by atoms with Gasteiger partial charge in [-0.05, 0) is 12.8 Å². The first-order valence-corrected chi connectivity index (χ1v) is 4.53. The third-order valence-corrected chi connectivity index (χ3v) is 2.24. The van der Waals surface area contributed by atoms with Gasteiger partial charge in [-0.2, -0.15) is 5.10 Å². The van der Waals surface area contributed by atoms with Crippen LogP contribution in [0.3, 0.4) is 0 Å². The zero-order valence-corrected chi connectivity index (χ0v) is 7.40. The Hall–Kier alpha value is -1.85. The lowest BCUT2D eigenvalue weighted by atomic mass is 10.6. The van der Waals surface area contributed by atoms with Crippen LogP contribution in [-0.2, 0) is 0 Å². The molecular weight excluding hydrogens is 182 g/mol. The Morgan fingerprint density at radius 2 is 2.43 bits per heavy atom. The standard InChI is InChI=1S/C8H9N5O/c14-8-12-11-6-3-4-9-7(13(6)8)10-5-1-2-5/h3-5H,1-2H2,(H,9,10)(H,12,14). The number of hydrogen-bond acceptors (Lipinski definition) is 4. The van der Waals surface area contributed by atoms with E-state index in [9.17, 15) is 4.79 Å². The summed E-state index contributed by atoms with van der Waals surface area (Å²) in [4.78, 5) is 15.5. The molecule has 1 saturated carbocycles. The molecule has 1 aliphatic carbocycles. The largest absolute Gasteiger partial charge is 0.352 e. The molecule has 0 amide bonds. The number of aromatic nitrogens is 4. The van der Waals surface area contributed by atoms with Crippen molar-refractivity contribution in [2.75, 3.05) is 5.32 Å². The van der Waals surface area contributed by atoms with Crippen LogP contribution in [0.1, 0.15) is 12.8 Å². The molecule has 1 fully saturated rings. The second kappa shape index (κ2) is 2.57. The maximum absolute atomic E-state index is 11.4. The highest BCUT2D eigenvalue weighted by molar-refractivity contribution is 5.44. The SMILES string of the molecule is O=c1[nH]nc2ccnc(NC3CC3)n12. The molecule has 0 unspecified atom stereocenters. The van der Waals surface area contributed by atoms with Gasteiger partial charge >= 0.3 is 5.69 Å². The van der Waals surface area contributed by atoms with Crippen molar-refractivity contribution in [3.63, 3.8) is 0 Å². The molecule has 3 rings (SSSR count). The van der Waals surface area contributed by atoms with Crippen LogP contribution in [-0.4, -0.2) is 25.6 Å². The first-order chi connectivity index (χ1) is 6.84. The lowest BCUT2D eigenvalue weighted by Crippen LogP contribution is -2.16. The molecular formula is C8H9N5O. The number of nitrogens with one attached hydrogen (secondary N) is 2. The topological polar surface area (TPSA) is 75.1 Å². The van der Waals surface area contributed by atoms with Crippen molar-refractivity contribution in [1.29, 1.82) is 0 Å². The van der Waals surface area contributed by atoms with Gasteiger partial charge in [0.15, 0.2) is 5.65 Å². The van der Waals surface area contributed by atoms with Crippen LogP contribution in [0.15, 0.2) is 17.1 Å². The van der Waals surface area contributed by atoms with Crippen molar-refractivity contribution in [3.8, 4) is 0 Å². The Labute approximate surface area is 79.0 Å². The summed E-state index contributed by atoms with van der Waals surface area (Å²) in [5.74, 6) is 0.573. The predicted molar refractivity (Wildman–Crippen MR) is 50.3 cm³/mol. The molecule has 0 spiro atoms. The summed E-state index contributed by atoms with van der Waals surface area (Å²) < 4.78 is 1.44. The molecule has 14 heavy (non-hydrogen) atoms. The van der Waals surface area contributed by atoms with E-state index in [0.717, 1.165) is 12.8 Å². The highest BCUT2D eigenvalue weighted by atomic mass is 16.1. The second-order valence-electron chi connectivity index (χ2n) is 3.41. The molecule has 0 aromatic carbocycles. The molecule has 0 bridgehead atoms. The van der Waals surface area contributed by atoms with Crippen LogP contribution in [0.25, 0.3) is 5.65 Å². The smallest absolute Gasteiger partial charge is 0.350 e. The molecule has 2 aromatic rings. The number of fused-ring (bicyclic) bond motifs is 1. The molecule has 1 aliphatic rings. The zero-order chi connectivity index (χ0) is 9.54. The van der Waals surface area contributed by atoms with Gasteiger partial charge < -0.3 is 5.32 Å². The van der Waals surface area contributed by atoms with E-state index in [1.54, 1.807) is 12.3 Å². The van der Waals surface area contributed by atoms with Crippen LogP contribution < -0.4 is 11.0 Å². The number of rotatable bonds is 2. The summed E-state index contributed by atoms with van der Waals surface area (Å²) in [5.41, 5.74) is 0.337. The van der Waals surface area contributed by atoms with Crippen LogP contribution in [0, 0.1) is 0 Å². The molecule has 0 radical (unpaired) electrons. The summed E-state index contributed by atoms with van der Waals surface area (Å²) >= 11 is 0. The highest BCUT2D eigenvalue weighted by Gasteiger charge is 2.22. The van der Waals surface area contributed by atoms with Gasteiger partial charge in [0, 0.05) is 18.3 Å². The van der Waals surface area contributed by atoms with Crippen molar-refractivity contribution in [2.24, 2.45) is 0 Å². The third kappa shape index (κ3) is 1.07. The first-order valence-electron chi connectivity index (χ1n) is 4.53. The number of anilines is 1. The molecule has 2 heterocycles. The summed E-state index contributed by atoms with van der Waals surface area (Å²) in [7, 11) is 0. The summed E-state index contributed by atoms with van der Waals surface area (Å²) in [6, 6.07) is 2.16. The lowest BCUT2D eigenvalue weighted by Gasteiger charge is -2.03. The molecule has 0 saturated heterocycles. The molecule has 0 aliphatic heterocycles. The van der Waals surface area contributed by atoms with E-state index in [4.69, 9.17) is 0 Å². The number of hydrogen-bond donors (Lipinski definition) is 2. The summed E-state index contributed by atoms with van der Waals surface area (Å²) in [6.07, 6.45) is 3.93. The van der Waals surface area contributed by atoms with Gasteiger partial charge in [-0.25, -0.2) is 19.3 Å². The van der Waals surface area contributed by atoms with Crippen molar-refractivity contribution < 1.29 is 0 Å². The van der Waals surface area contributed by atoms with E-state index in [0.29, 0.717) is 17.6 Å². The van der Waals surface area contributed by atoms with Crippen LogP contribution in [0.4, 0.5) is 5.95 Å². The van der Waals surface area contributed by atoms with E-state index >= 15 is 0 Å². The van der Waals surface area contributed by atoms with E-state index in [1.807, 2.05) is 0 Å². The quantitative estimate of drug-likeness (QED) is 0.700. The minimum atomic E-state index is -0.253. The van der Waals surface area contributed by atoms with Crippen LogP contribution in [0.5, 0.6) is 0 Å². The van der Waals surface area contributed by atoms with Gasteiger partial charge in [0.2, 0.25) is 5.95 Å². The Bertz CT molecular complexity index is 524. The van der Waals surface area contributed by atoms with Gasteiger partial charge in [-0.1, -0.05) is 0 Å².